The number of benzene rings is 4. The van der Waals surface area contributed by atoms with Gasteiger partial charge in [0.15, 0.2) is 11.5 Å². The number of hydrogen-bond acceptors (Lipinski definition) is 5. The van der Waals surface area contributed by atoms with E-state index in [1.807, 2.05) is 61.5 Å². The molecule has 192 valence electrons. The minimum atomic E-state index is -0.314. The molecule has 1 aliphatic rings. The maximum Gasteiger partial charge on any atom is 0.293 e. The maximum atomic E-state index is 13.1. The number of nitrogens with zero attached hydrogens (tertiary/aromatic N) is 1. The highest BCUT2D eigenvalue weighted by Gasteiger charge is 2.35. The Labute approximate surface area is 234 Å². The lowest BCUT2D eigenvalue weighted by Gasteiger charge is -2.14. The van der Waals surface area contributed by atoms with Crippen LogP contribution in [0.2, 0.25) is 10.0 Å². The first-order valence-corrected chi connectivity index (χ1v) is 13.5. The van der Waals surface area contributed by atoms with Gasteiger partial charge in [0.25, 0.3) is 11.1 Å². The van der Waals surface area contributed by atoms with Crippen molar-refractivity contribution < 1.29 is 19.1 Å². The first-order chi connectivity index (χ1) is 18.4. The highest BCUT2D eigenvalue weighted by atomic mass is 35.5. The van der Waals surface area contributed by atoms with Gasteiger partial charge in [-0.15, -0.1) is 0 Å². The van der Waals surface area contributed by atoms with Gasteiger partial charge in [-0.2, -0.15) is 0 Å². The van der Waals surface area contributed by atoms with Gasteiger partial charge in [0.05, 0.1) is 28.1 Å². The van der Waals surface area contributed by atoms with Crippen LogP contribution in [0.1, 0.15) is 23.6 Å². The fraction of sp³-hybridized carbons (Fsp3) is 0.133. The van der Waals surface area contributed by atoms with Gasteiger partial charge < -0.3 is 9.47 Å². The lowest BCUT2D eigenvalue weighted by molar-refractivity contribution is -0.123. The number of halogens is 2. The second-order valence-corrected chi connectivity index (χ2v) is 10.4. The van der Waals surface area contributed by atoms with Crippen LogP contribution in [0, 0.1) is 0 Å². The molecule has 1 aliphatic heterocycles. The average molecular weight is 564 g/mol. The molecule has 0 unspecified atom stereocenters. The quantitative estimate of drug-likeness (QED) is 0.201. The standard InChI is InChI=1S/C30H23Cl2NO4S/c1-2-36-27-15-19(9-12-26(27)37-18-21-8-11-24(31)25(32)14-21)16-28-29(34)33(30(35)38-28)17-20-7-10-22-5-3-4-6-23(22)13-20/h3-16H,2,17-18H2,1H3/b28-16-. The van der Waals surface area contributed by atoms with E-state index in [1.165, 1.54) is 4.90 Å². The predicted octanol–water partition coefficient (Wildman–Crippen LogP) is 8.36. The SMILES string of the molecule is CCOc1cc(/C=C2\SC(=O)N(Cc3ccc4ccccc4c3)C2=O)ccc1OCc1ccc(Cl)c(Cl)c1. The fourth-order valence-electron chi connectivity index (χ4n) is 4.10. The van der Waals surface area contributed by atoms with Gasteiger partial charge >= 0.3 is 0 Å². The van der Waals surface area contributed by atoms with Crippen LogP contribution >= 0.6 is 35.0 Å². The molecule has 0 atom stereocenters. The van der Waals surface area contributed by atoms with Crippen LogP contribution in [-0.4, -0.2) is 22.7 Å². The third-order valence-corrected chi connectivity index (χ3v) is 7.62. The summed E-state index contributed by atoms with van der Waals surface area (Å²) >= 11 is 13.0. The Balaban J connectivity index is 1.32. The normalized spacial score (nSPS) is 14.5. The maximum absolute atomic E-state index is 13.1. The van der Waals surface area contributed by atoms with E-state index in [4.69, 9.17) is 32.7 Å². The van der Waals surface area contributed by atoms with E-state index in [9.17, 15) is 9.59 Å². The summed E-state index contributed by atoms with van der Waals surface area (Å²) in [6.07, 6.45) is 1.70. The summed E-state index contributed by atoms with van der Waals surface area (Å²) in [6.45, 7) is 2.82. The van der Waals surface area contributed by atoms with Gasteiger partial charge in [0.2, 0.25) is 0 Å². The molecule has 1 fully saturated rings. The number of carbonyl (C=O) groups is 2. The number of rotatable bonds is 8. The fourth-order valence-corrected chi connectivity index (χ4v) is 5.26. The van der Waals surface area contributed by atoms with Crippen molar-refractivity contribution in [2.75, 3.05) is 6.61 Å². The van der Waals surface area contributed by atoms with Crippen molar-refractivity contribution in [3.8, 4) is 11.5 Å². The number of carbonyl (C=O) groups excluding carboxylic acids is 2. The summed E-state index contributed by atoms with van der Waals surface area (Å²) in [5.74, 6) is 0.780. The zero-order valence-corrected chi connectivity index (χ0v) is 22.8. The van der Waals surface area contributed by atoms with E-state index in [2.05, 4.69) is 0 Å². The van der Waals surface area contributed by atoms with E-state index in [1.54, 1.807) is 30.3 Å². The summed E-state index contributed by atoms with van der Waals surface area (Å²) in [5.41, 5.74) is 2.49. The summed E-state index contributed by atoms with van der Waals surface area (Å²) in [7, 11) is 0. The zero-order chi connectivity index (χ0) is 26.6. The second-order valence-electron chi connectivity index (χ2n) is 8.63. The lowest BCUT2D eigenvalue weighted by Crippen LogP contribution is -2.27. The molecule has 0 aliphatic carbocycles. The molecule has 0 radical (unpaired) electrons. The van der Waals surface area contributed by atoms with E-state index in [-0.39, 0.29) is 24.3 Å². The molecule has 2 amide bonds. The van der Waals surface area contributed by atoms with Crippen molar-refractivity contribution in [3.05, 3.63) is 111 Å². The third-order valence-electron chi connectivity index (χ3n) is 5.97. The first kappa shape index (κ1) is 26.2. The molecule has 4 aromatic rings. The lowest BCUT2D eigenvalue weighted by atomic mass is 10.1. The topological polar surface area (TPSA) is 55.8 Å². The largest absolute Gasteiger partial charge is 0.490 e. The Morgan fingerprint density at radius 2 is 1.61 bits per heavy atom. The van der Waals surface area contributed by atoms with Gasteiger partial charge in [0.1, 0.15) is 6.61 Å². The summed E-state index contributed by atoms with van der Waals surface area (Å²) in [6, 6.07) is 24.7. The van der Waals surface area contributed by atoms with E-state index in [0.29, 0.717) is 33.1 Å². The molecule has 38 heavy (non-hydrogen) atoms. The molecule has 8 heteroatoms. The van der Waals surface area contributed by atoms with Crippen LogP contribution in [0.15, 0.2) is 83.8 Å². The van der Waals surface area contributed by atoms with Gasteiger partial charge in [-0.25, -0.2) is 0 Å². The van der Waals surface area contributed by atoms with Crippen molar-refractivity contribution in [2.45, 2.75) is 20.1 Å². The monoisotopic (exact) mass is 563 g/mol. The molecule has 1 heterocycles. The number of imide groups is 1. The van der Waals surface area contributed by atoms with Crippen molar-refractivity contribution in [2.24, 2.45) is 0 Å². The molecule has 0 aromatic heterocycles. The van der Waals surface area contributed by atoms with Crippen LogP contribution < -0.4 is 9.47 Å². The molecule has 0 spiro atoms. The molecular formula is C30H23Cl2NO4S. The van der Waals surface area contributed by atoms with Crippen molar-refractivity contribution >= 4 is 63.0 Å². The van der Waals surface area contributed by atoms with Crippen LogP contribution in [0.3, 0.4) is 0 Å². The summed E-state index contributed by atoms with van der Waals surface area (Å²) < 4.78 is 11.8. The van der Waals surface area contributed by atoms with E-state index in [0.717, 1.165) is 39.2 Å². The Morgan fingerprint density at radius 1 is 0.816 bits per heavy atom. The van der Waals surface area contributed by atoms with Crippen molar-refractivity contribution in [1.82, 2.24) is 4.90 Å². The molecule has 0 saturated carbocycles. The molecule has 4 aromatic carbocycles. The molecule has 0 N–H and O–H groups in total. The number of hydrogen-bond donors (Lipinski definition) is 0. The third kappa shape index (κ3) is 5.83. The van der Waals surface area contributed by atoms with Crippen molar-refractivity contribution in [1.29, 1.82) is 0 Å². The van der Waals surface area contributed by atoms with Gasteiger partial charge in [-0.3, -0.25) is 14.5 Å². The van der Waals surface area contributed by atoms with Crippen LogP contribution in [0.5, 0.6) is 11.5 Å². The minimum absolute atomic E-state index is 0.221. The number of fused-ring (bicyclic) bond motifs is 1. The highest BCUT2D eigenvalue weighted by Crippen LogP contribution is 2.36. The Morgan fingerprint density at radius 3 is 2.39 bits per heavy atom. The Kier molecular flexibility index (Phi) is 7.93. The predicted molar refractivity (Wildman–Crippen MR) is 154 cm³/mol. The van der Waals surface area contributed by atoms with Gasteiger partial charge in [-0.1, -0.05) is 71.7 Å². The molecule has 1 saturated heterocycles. The minimum Gasteiger partial charge on any atom is -0.490 e. The number of amides is 2. The first-order valence-electron chi connectivity index (χ1n) is 12.0. The smallest absolute Gasteiger partial charge is 0.293 e. The van der Waals surface area contributed by atoms with Crippen molar-refractivity contribution in [3.63, 3.8) is 0 Å². The Hall–Kier alpha value is -3.45. The Bertz CT molecular complexity index is 1570. The summed E-state index contributed by atoms with van der Waals surface area (Å²) in [4.78, 5) is 27.5. The van der Waals surface area contributed by atoms with E-state index < -0.39 is 0 Å². The highest BCUT2D eigenvalue weighted by molar-refractivity contribution is 8.18. The molecule has 5 nitrogen and oxygen atoms in total. The number of thioether (sulfide) groups is 1. The number of ether oxygens (including phenoxy) is 2. The average Bonchev–Trinajstić information content (AvgIpc) is 3.17. The van der Waals surface area contributed by atoms with Crippen LogP contribution in [-0.2, 0) is 17.9 Å². The molecule has 5 rings (SSSR count). The van der Waals surface area contributed by atoms with Gasteiger partial charge in [-0.05, 0) is 82.6 Å². The summed E-state index contributed by atoms with van der Waals surface area (Å²) in [5, 5.41) is 2.83. The van der Waals surface area contributed by atoms with Gasteiger partial charge in [0, 0.05) is 0 Å². The second kappa shape index (κ2) is 11.5. The van der Waals surface area contributed by atoms with Crippen LogP contribution in [0.25, 0.3) is 16.8 Å². The molecular weight excluding hydrogens is 541 g/mol. The van der Waals surface area contributed by atoms with E-state index >= 15 is 0 Å². The molecule has 0 bridgehead atoms. The zero-order valence-electron chi connectivity index (χ0n) is 20.4. The van der Waals surface area contributed by atoms with Crippen LogP contribution in [0.4, 0.5) is 4.79 Å².